The van der Waals surface area contributed by atoms with Crippen LogP contribution < -0.4 is 4.74 Å². The molecule has 3 aromatic carbocycles. The van der Waals surface area contributed by atoms with E-state index in [2.05, 4.69) is 6.58 Å². The van der Waals surface area contributed by atoms with Crippen LogP contribution in [0.15, 0.2) is 79.4 Å². The maximum atomic E-state index is 14.5. The number of alkyl halides is 2. The summed E-state index contributed by atoms with van der Waals surface area (Å²) in [6, 6.07) is 19.0. The Kier molecular flexibility index (Phi) is 7.56. The third-order valence-corrected chi connectivity index (χ3v) is 5.25. The Bertz CT molecular complexity index is 992. The highest BCUT2D eigenvalue weighted by Crippen LogP contribution is 2.31. The van der Waals surface area contributed by atoms with Gasteiger partial charge in [-0.05, 0) is 60.1 Å². The summed E-state index contributed by atoms with van der Waals surface area (Å²) in [5, 5.41) is 0. The number of aryl methyl sites for hydroxylation is 3. The maximum absolute atomic E-state index is 14.5. The number of ether oxygens (including phenoxy) is 1. The average Bonchev–Trinajstić information content (AvgIpc) is 2.77. The molecule has 3 rings (SSSR count). The molecule has 0 atom stereocenters. The SMILES string of the molecule is C=CCCc1ccc(CCC(F)(F)Oc2ccc(-c3ccc(CC)cc3)c(F)c2)cc1. The molecule has 0 heterocycles. The van der Waals surface area contributed by atoms with Gasteiger partial charge in [-0.1, -0.05) is 61.5 Å². The summed E-state index contributed by atoms with van der Waals surface area (Å²) in [4.78, 5) is 0. The summed E-state index contributed by atoms with van der Waals surface area (Å²) in [6.45, 7) is 5.74. The summed E-state index contributed by atoms with van der Waals surface area (Å²) < 4.78 is 48.0. The van der Waals surface area contributed by atoms with Crippen LogP contribution in [0.5, 0.6) is 5.75 Å². The standard InChI is InChI=1S/C27H27F3O/c1-3-5-6-21-7-9-22(10-8-21)17-18-27(29,30)31-24-15-16-25(26(28)19-24)23-13-11-20(4-2)12-14-23/h3,7-16,19H,1,4-6,17-18H2,2H3. The molecule has 0 aliphatic carbocycles. The summed E-state index contributed by atoms with van der Waals surface area (Å²) in [7, 11) is 0. The van der Waals surface area contributed by atoms with E-state index >= 15 is 0 Å². The number of hydrogen-bond acceptors (Lipinski definition) is 1. The van der Waals surface area contributed by atoms with E-state index in [9.17, 15) is 13.2 Å². The van der Waals surface area contributed by atoms with Gasteiger partial charge >= 0.3 is 6.11 Å². The van der Waals surface area contributed by atoms with Gasteiger partial charge in [0.15, 0.2) is 0 Å². The van der Waals surface area contributed by atoms with E-state index in [1.54, 1.807) is 0 Å². The molecule has 0 N–H and O–H groups in total. The molecule has 4 heteroatoms. The minimum Gasteiger partial charge on any atom is -0.432 e. The fourth-order valence-corrected chi connectivity index (χ4v) is 3.37. The van der Waals surface area contributed by atoms with Crippen LogP contribution in [0.25, 0.3) is 11.1 Å². The zero-order valence-corrected chi connectivity index (χ0v) is 17.7. The summed E-state index contributed by atoms with van der Waals surface area (Å²) >= 11 is 0. The van der Waals surface area contributed by atoms with E-state index in [-0.39, 0.29) is 12.2 Å². The maximum Gasteiger partial charge on any atom is 0.398 e. The fraction of sp³-hybridized carbons (Fsp3) is 0.259. The quantitative estimate of drug-likeness (QED) is 0.302. The van der Waals surface area contributed by atoms with Crippen LogP contribution in [0.3, 0.4) is 0 Å². The highest BCUT2D eigenvalue weighted by molar-refractivity contribution is 5.65. The lowest BCUT2D eigenvalue weighted by Gasteiger charge is -2.18. The van der Waals surface area contributed by atoms with Gasteiger partial charge in [-0.2, -0.15) is 8.78 Å². The predicted molar refractivity (Wildman–Crippen MR) is 120 cm³/mol. The second-order valence-electron chi connectivity index (χ2n) is 7.58. The molecule has 0 unspecified atom stereocenters. The van der Waals surface area contributed by atoms with Crippen molar-refractivity contribution < 1.29 is 17.9 Å². The Balaban J connectivity index is 1.61. The summed E-state index contributed by atoms with van der Waals surface area (Å²) in [5.41, 5.74) is 4.16. The van der Waals surface area contributed by atoms with Crippen LogP contribution in [0.2, 0.25) is 0 Å². The van der Waals surface area contributed by atoms with Gasteiger partial charge in [-0.25, -0.2) is 4.39 Å². The van der Waals surface area contributed by atoms with Crippen molar-refractivity contribution in [1.29, 1.82) is 0 Å². The number of halogens is 3. The molecule has 0 fully saturated rings. The molecule has 0 saturated carbocycles. The third kappa shape index (κ3) is 6.48. The average molecular weight is 425 g/mol. The zero-order chi connectivity index (χ0) is 22.3. The lowest BCUT2D eigenvalue weighted by molar-refractivity contribution is -0.180. The van der Waals surface area contributed by atoms with Crippen LogP contribution in [0.4, 0.5) is 13.2 Å². The van der Waals surface area contributed by atoms with Gasteiger partial charge in [-0.3, -0.25) is 0 Å². The largest absolute Gasteiger partial charge is 0.432 e. The second kappa shape index (κ2) is 10.3. The molecular formula is C27H27F3O. The number of benzene rings is 3. The number of allylic oxidation sites excluding steroid dienone is 1. The smallest absolute Gasteiger partial charge is 0.398 e. The van der Waals surface area contributed by atoms with E-state index in [1.807, 2.05) is 61.5 Å². The Hall–Kier alpha value is -3.01. The van der Waals surface area contributed by atoms with Crippen LogP contribution in [-0.2, 0) is 19.3 Å². The van der Waals surface area contributed by atoms with E-state index in [0.717, 1.165) is 42.0 Å². The van der Waals surface area contributed by atoms with Crippen molar-refractivity contribution in [2.24, 2.45) is 0 Å². The van der Waals surface area contributed by atoms with Crippen LogP contribution in [-0.4, -0.2) is 6.11 Å². The monoisotopic (exact) mass is 424 g/mol. The summed E-state index contributed by atoms with van der Waals surface area (Å²) in [6.07, 6.45) is 0.795. The molecule has 0 spiro atoms. The number of hydrogen-bond donors (Lipinski definition) is 0. The highest BCUT2D eigenvalue weighted by Gasteiger charge is 2.31. The first kappa shape index (κ1) is 22.7. The molecule has 0 aromatic heterocycles. The van der Waals surface area contributed by atoms with E-state index < -0.39 is 18.3 Å². The normalized spacial score (nSPS) is 11.4. The van der Waals surface area contributed by atoms with Gasteiger partial charge in [0.05, 0.1) is 6.42 Å². The van der Waals surface area contributed by atoms with E-state index in [1.165, 1.54) is 12.1 Å². The summed E-state index contributed by atoms with van der Waals surface area (Å²) in [5.74, 6) is -0.774. The zero-order valence-electron chi connectivity index (χ0n) is 17.7. The van der Waals surface area contributed by atoms with Crippen molar-refractivity contribution in [1.82, 2.24) is 0 Å². The Labute approximate surface area is 182 Å². The molecule has 0 bridgehead atoms. The molecule has 0 amide bonds. The van der Waals surface area contributed by atoms with Gasteiger partial charge in [-0.15, -0.1) is 6.58 Å². The first-order valence-electron chi connectivity index (χ1n) is 10.5. The van der Waals surface area contributed by atoms with Crippen LogP contribution in [0, 0.1) is 5.82 Å². The molecule has 0 aliphatic heterocycles. The Morgan fingerprint density at radius 3 is 2.06 bits per heavy atom. The Morgan fingerprint density at radius 1 is 0.871 bits per heavy atom. The molecule has 3 aromatic rings. The van der Waals surface area contributed by atoms with Crippen molar-refractivity contribution in [3.8, 4) is 16.9 Å². The lowest BCUT2D eigenvalue weighted by atomic mass is 10.0. The topological polar surface area (TPSA) is 9.23 Å². The van der Waals surface area contributed by atoms with Crippen molar-refractivity contribution in [3.05, 3.63) is 102 Å². The third-order valence-electron chi connectivity index (χ3n) is 5.25. The van der Waals surface area contributed by atoms with Crippen molar-refractivity contribution >= 4 is 0 Å². The molecule has 0 saturated heterocycles. The minimum atomic E-state index is -3.39. The highest BCUT2D eigenvalue weighted by atomic mass is 19.3. The van der Waals surface area contributed by atoms with Crippen molar-refractivity contribution in [2.75, 3.05) is 0 Å². The fourth-order valence-electron chi connectivity index (χ4n) is 3.37. The van der Waals surface area contributed by atoms with Gasteiger partial charge in [0.25, 0.3) is 0 Å². The number of rotatable bonds is 10. The van der Waals surface area contributed by atoms with Crippen molar-refractivity contribution in [2.45, 2.75) is 45.1 Å². The van der Waals surface area contributed by atoms with Gasteiger partial charge in [0, 0.05) is 11.6 Å². The lowest BCUT2D eigenvalue weighted by Crippen LogP contribution is -2.25. The minimum absolute atomic E-state index is 0.166. The van der Waals surface area contributed by atoms with E-state index in [0.29, 0.717) is 11.1 Å². The molecule has 1 nitrogen and oxygen atoms in total. The Morgan fingerprint density at radius 2 is 1.48 bits per heavy atom. The molecule has 0 radical (unpaired) electrons. The van der Waals surface area contributed by atoms with Crippen LogP contribution in [0.1, 0.15) is 36.5 Å². The first-order valence-corrected chi connectivity index (χ1v) is 10.5. The van der Waals surface area contributed by atoms with Crippen LogP contribution >= 0.6 is 0 Å². The molecular weight excluding hydrogens is 397 g/mol. The molecule has 162 valence electrons. The second-order valence-corrected chi connectivity index (χ2v) is 7.58. The van der Waals surface area contributed by atoms with Gasteiger partial charge in [0.1, 0.15) is 11.6 Å². The molecule has 31 heavy (non-hydrogen) atoms. The molecule has 0 aliphatic rings. The van der Waals surface area contributed by atoms with E-state index in [4.69, 9.17) is 4.74 Å². The van der Waals surface area contributed by atoms with Gasteiger partial charge in [0.2, 0.25) is 0 Å². The first-order chi connectivity index (χ1) is 14.9. The van der Waals surface area contributed by atoms with Crippen molar-refractivity contribution in [3.63, 3.8) is 0 Å². The predicted octanol–water partition coefficient (Wildman–Crippen LogP) is 7.78. The van der Waals surface area contributed by atoms with Gasteiger partial charge < -0.3 is 4.74 Å².